The van der Waals surface area contributed by atoms with E-state index in [9.17, 15) is 0 Å². The van der Waals surface area contributed by atoms with E-state index in [-0.39, 0.29) is 16.2 Å². The number of nitrogens with zero attached hydrogens (tertiary/aromatic N) is 7. The zero-order valence-electron chi connectivity index (χ0n) is 82.0. The zero-order chi connectivity index (χ0) is 97.5. The number of rotatable bonds is 14. The van der Waals surface area contributed by atoms with Crippen molar-refractivity contribution in [1.29, 1.82) is 0 Å². The van der Waals surface area contributed by atoms with Gasteiger partial charge in [0.15, 0.2) is 0 Å². The monoisotopic (exact) mass is 1850 g/mol. The first kappa shape index (κ1) is 89.0. The van der Waals surface area contributed by atoms with E-state index >= 15 is 0 Å². The first-order valence-corrected chi connectivity index (χ1v) is 49.7. The molecule has 144 heavy (non-hydrogen) atoms. The summed E-state index contributed by atoms with van der Waals surface area (Å²) in [6.07, 6.45) is 16.8. The minimum Gasteiger partial charge on any atom is -0.264 e. The molecule has 0 bridgehead atoms. The predicted octanol–water partition coefficient (Wildman–Crippen LogP) is 36.7. The van der Waals surface area contributed by atoms with Crippen LogP contribution in [-0.4, -0.2) is 34.9 Å². The maximum atomic E-state index is 5.02. The summed E-state index contributed by atoms with van der Waals surface area (Å²) >= 11 is 0. The molecule has 0 radical (unpaired) electrons. The Kier molecular flexibility index (Phi) is 22.6. The van der Waals surface area contributed by atoms with Crippen LogP contribution in [0.2, 0.25) is 0 Å². The van der Waals surface area contributed by atoms with Gasteiger partial charge in [-0.2, -0.15) is 0 Å². The minimum atomic E-state index is 0.0385. The molecule has 0 N–H and O–H groups in total. The van der Waals surface area contributed by atoms with Crippen molar-refractivity contribution in [2.24, 2.45) is 0 Å². The highest BCUT2D eigenvalue weighted by Crippen LogP contribution is 2.52. The van der Waals surface area contributed by atoms with Gasteiger partial charge in [0.05, 0.1) is 35.2 Å². The minimum absolute atomic E-state index is 0.0385. The smallest absolute Gasteiger partial charge is 0.107 e. The van der Waals surface area contributed by atoms with Crippen LogP contribution in [0.3, 0.4) is 0 Å². The molecule has 20 aromatic carbocycles. The maximum absolute atomic E-state index is 5.02. The van der Waals surface area contributed by atoms with Crippen molar-refractivity contribution >= 4 is 97.0 Å². The molecule has 0 fully saturated rings. The van der Waals surface area contributed by atoms with Crippen molar-refractivity contribution in [3.8, 4) is 156 Å². The molecule has 26 rings (SSSR count). The summed E-state index contributed by atoms with van der Waals surface area (Å²) in [6, 6.07) is 148. The summed E-state index contributed by atoms with van der Waals surface area (Å²) in [4.78, 5) is 32.3. The van der Waals surface area contributed by atoms with E-state index in [2.05, 4.69) is 439 Å². The van der Waals surface area contributed by atoms with Crippen LogP contribution in [-0.2, 0) is 16.2 Å². The van der Waals surface area contributed by atoms with E-state index in [0.29, 0.717) is 0 Å². The summed E-state index contributed by atoms with van der Waals surface area (Å²) in [5, 5.41) is 23.1. The molecule has 6 aromatic heterocycles. The normalized spacial score (nSPS) is 11.9. The molecular formula is C137H103N7. The summed E-state index contributed by atoms with van der Waals surface area (Å²) in [5.74, 6) is 0. The number of benzene rings is 20. The molecule has 6 heterocycles. The largest absolute Gasteiger partial charge is 0.264 e. The van der Waals surface area contributed by atoms with Crippen molar-refractivity contribution in [3.63, 3.8) is 0 Å². The van der Waals surface area contributed by atoms with Crippen molar-refractivity contribution < 1.29 is 0 Å². The van der Waals surface area contributed by atoms with E-state index in [0.717, 1.165) is 67.4 Å². The van der Waals surface area contributed by atoms with E-state index in [4.69, 9.17) is 9.97 Å². The molecule has 686 valence electrons. The summed E-state index contributed by atoms with van der Waals surface area (Å²) in [6.45, 7) is 20.6. The van der Waals surface area contributed by atoms with Gasteiger partial charge in [0.2, 0.25) is 0 Å². The highest BCUT2D eigenvalue weighted by atomic mass is 14.8. The standard InChI is InChI=1S/C54H40N2.C47H35N3.C36H28N2/c1-54(2,3)45-32-40-23-25-46-48(37-11-5-4-6-12-37)34-49(47-26-24-41(33-45)52(40)53(46)47)44-30-42(35-15-19-38(20-16-35)50-13-7-9-27-55-50)29-43(31-44)36-17-21-39(22-18-36)51-14-8-10-28-56-51;1-47(2,3)35-24-33-18-21-37-40(36-20-17-32(30-12-6-4-7-13-30)26-39(36)31-14-8-5-9-15-31)27-41(38-22-19-34(25-35)45(33)46(37)38)43-28-50-44(29-49-43)42-16-10-11-23-48-42;1-36(2,3)29-18-25-12-14-30-32(24-10-8-23(9-11-24)27-6-4-16-37-21-27)20-33(28-7-5-17-38-22-28)31-15-13-26(19-29)34(25)35(30)31/h4-34H,1-3H3;4-29H,1-3H3;4-22H,1-3H3. The van der Waals surface area contributed by atoms with Crippen molar-refractivity contribution in [2.45, 2.75) is 78.6 Å². The van der Waals surface area contributed by atoms with Gasteiger partial charge in [-0.05, 0) is 327 Å². The van der Waals surface area contributed by atoms with Crippen LogP contribution in [0.15, 0.2) is 462 Å². The third-order valence-electron chi connectivity index (χ3n) is 29.0. The third-order valence-corrected chi connectivity index (χ3v) is 29.0. The first-order valence-electron chi connectivity index (χ1n) is 49.7. The second-order valence-electron chi connectivity index (χ2n) is 41.2. The van der Waals surface area contributed by atoms with Crippen LogP contribution in [0, 0.1) is 0 Å². The molecular weight excluding hydrogens is 1740 g/mol. The molecule has 7 heteroatoms. The van der Waals surface area contributed by atoms with Gasteiger partial charge >= 0.3 is 0 Å². The fourth-order valence-electron chi connectivity index (χ4n) is 21.4. The topological polar surface area (TPSA) is 90.2 Å². The van der Waals surface area contributed by atoms with Crippen molar-refractivity contribution in [3.05, 3.63) is 479 Å². The molecule has 0 saturated carbocycles. The Bertz CT molecular complexity index is 9090. The Morgan fingerprint density at radius 1 is 0.146 bits per heavy atom. The molecule has 0 unspecified atom stereocenters. The average Bonchev–Trinajstić information content (AvgIpc) is 0.720. The lowest BCUT2D eigenvalue weighted by Crippen LogP contribution is -2.10. The molecule has 0 saturated heterocycles. The fraction of sp³-hybridized carbons (Fsp3) is 0.0876. The summed E-state index contributed by atoms with van der Waals surface area (Å²) in [5.41, 5.74) is 35.6. The highest BCUT2D eigenvalue weighted by Gasteiger charge is 2.28. The van der Waals surface area contributed by atoms with Gasteiger partial charge < -0.3 is 0 Å². The SMILES string of the molecule is CC(C)(C)c1cc2ccc3c(-c4ccc(-c5cccnc5)cc4)cc(-c4cccnc4)c4ccc(c1)c2c34.CC(C)(C)c1cc2ccc3c(-c4ccccc4)cc(-c4cc(-c5ccc(-c6ccccn6)cc5)cc(-c5ccc(-c6ccccn6)cc5)c4)c4ccc(c1)c2c34.CC(C)(C)c1cc2ccc3c(-c4cnc(-c5ccccn5)cn4)cc(-c4ccc(-c5ccccc5)cc4-c4ccccc4)c4ccc(c1)c2c34. The molecule has 26 aromatic rings. The van der Waals surface area contributed by atoms with E-state index in [1.807, 2.05) is 104 Å². The Hall–Kier alpha value is -17.7. The fourth-order valence-corrected chi connectivity index (χ4v) is 21.4. The second-order valence-corrected chi connectivity index (χ2v) is 41.2. The number of hydrogen-bond donors (Lipinski definition) is 0. The summed E-state index contributed by atoms with van der Waals surface area (Å²) < 4.78 is 0. The molecule has 0 aliphatic carbocycles. The first-order chi connectivity index (χ1) is 70.3. The van der Waals surface area contributed by atoms with Gasteiger partial charge in [0.1, 0.15) is 5.69 Å². The second kappa shape index (κ2) is 36.5. The average molecular weight is 1850 g/mol. The lowest BCUT2D eigenvalue weighted by Gasteiger charge is -2.23. The van der Waals surface area contributed by atoms with Crippen LogP contribution in [0.25, 0.3) is 253 Å². The van der Waals surface area contributed by atoms with E-state index < -0.39 is 0 Å². The maximum Gasteiger partial charge on any atom is 0.107 e. The number of aromatic nitrogens is 7. The Morgan fingerprint density at radius 2 is 0.451 bits per heavy atom. The zero-order valence-corrected chi connectivity index (χ0v) is 82.0. The third kappa shape index (κ3) is 16.8. The van der Waals surface area contributed by atoms with Crippen LogP contribution < -0.4 is 0 Å². The Labute approximate surface area is 839 Å². The molecule has 0 aliphatic heterocycles. The van der Waals surface area contributed by atoms with Gasteiger partial charge in [0, 0.05) is 65.6 Å². The van der Waals surface area contributed by atoms with Crippen LogP contribution in [0.5, 0.6) is 0 Å². The Balaban J connectivity index is 0.000000118. The molecule has 0 spiro atoms. The van der Waals surface area contributed by atoms with Crippen LogP contribution in [0.4, 0.5) is 0 Å². The quantitative estimate of drug-likeness (QED) is 0.100. The Morgan fingerprint density at radius 3 is 0.847 bits per heavy atom. The van der Waals surface area contributed by atoms with Crippen LogP contribution >= 0.6 is 0 Å². The molecule has 7 nitrogen and oxygen atoms in total. The van der Waals surface area contributed by atoms with Gasteiger partial charge in [0.25, 0.3) is 0 Å². The highest BCUT2D eigenvalue weighted by molar-refractivity contribution is 6.32. The summed E-state index contributed by atoms with van der Waals surface area (Å²) in [7, 11) is 0. The van der Waals surface area contributed by atoms with Gasteiger partial charge in [-0.25, -0.2) is 0 Å². The van der Waals surface area contributed by atoms with Gasteiger partial charge in [-0.1, -0.05) is 378 Å². The molecule has 0 atom stereocenters. The molecule has 0 amide bonds. The van der Waals surface area contributed by atoms with Gasteiger partial charge in [-0.3, -0.25) is 34.9 Å². The number of pyridine rings is 5. The van der Waals surface area contributed by atoms with Crippen molar-refractivity contribution in [2.75, 3.05) is 0 Å². The number of hydrogen-bond acceptors (Lipinski definition) is 7. The molecule has 0 aliphatic rings. The van der Waals surface area contributed by atoms with Crippen molar-refractivity contribution in [1.82, 2.24) is 34.9 Å². The van der Waals surface area contributed by atoms with Gasteiger partial charge in [-0.15, -0.1) is 0 Å². The van der Waals surface area contributed by atoms with Crippen LogP contribution in [0.1, 0.15) is 79.0 Å². The van der Waals surface area contributed by atoms with E-state index in [1.165, 1.54) is 203 Å². The lowest BCUT2D eigenvalue weighted by atomic mass is 9.81. The predicted molar refractivity (Wildman–Crippen MR) is 607 cm³/mol. The van der Waals surface area contributed by atoms with E-state index in [1.54, 1.807) is 6.20 Å². The lowest BCUT2D eigenvalue weighted by molar-refractivity contribution is 0.591.